The van der Waals surface area contributed by atoms with Crippen LogP contribution in [0.5, 0.6) is 5.75 Å². The van der Waals surface area contributed by atoms with Crippen LogP contribution in [0, 0.1) is 0 Å². The summed E-state index contributed by atoms with van der Waals surface area (Å²) in [7, 11) is 2.10. The van der Waals surface area contributed by atoms with E-state index in [0.717, 1.165) is 30.5 Å². The first-order chi connectivity index (χ1) is 8.74. The second kappa shape index (κ2) is 6.98. The lowest BCUT2D eigenvalue weighted by Gasteiger charge is -2.20. The van der Waals surface area contributed by atoms with E-state index in [2.05, 4.69) is 11.9 Å². The zero-order chi connectivity index (χ0) is 12.8. The molecule has 1 unspecified atom stereocenters. The fourth-order valence-corrected chi connectivity index (χ4v) is 2.20. The van der Waals surface area contributed by atoms with Gasteiger partial charge in [-0.05, 0) is 44.2 Å². The summed E-state index contributed by atoms with van der Waals surface area (Å²) in [6.45, 7) is 3.50. The Morgan fingerprint density at radius 1 is 1.39 bits per heavy atom. The van der Waals surface area contributed by atoms with Crippen molar-refractivity contribution in [3.63, 3.8) is 0 Å². The molecule has 0 amide bonds. The summed E-state index contributed by atoms with van der Waals surface area (Å²) >= 11 is 5.81. The molecule has 1 saturated heterocycles. The third kappa shape index (κ3) is 4.48. The largest absolute Gasteiger partial charge is 0.492 e. The number of halogens is 1. The molecule has 0 aliphatic carbocycles. The van der Waals surface area contributed by atoms with E-state index < -0.39 is 0 Å². The van der Waals surface area contributed by atoms with Crippen LogP contribution in [0.2, 0.25) is 5.02 Å². The maximum atomic E-state index is 5.81. The van der Waals surface area contributed by atoms with Crippen molar-refractivity contribution < 1.29 is 9.47 Å². The molecule has 0 bridgehead atoms. The van der Waals surface area contributed by atoms with Gasteiger partial charge in [-0.3, -0.25) is 0 Å². The summed E-state index contributed by atoms with van der Waals surface area (Å²) in [5.74, 6) is 0.866. The molecule has 1 aliphatic heterocycles. The van der Waals surface area contributed by atoms with Crippen molar-refractivity contribution in [3.05, 3.63) is 29.3 Å². The van der Waals surface area contributed by atoms with Crippen LogP contribution in [-0.4, -0.2) is 44.4 Å². The molecular formula is C14H20ClNO2. The zero-order valence-corrected chi connectivity index (χ0v) is 11.5. The molecule has 18 heavy (non-hydrogen) atoms. The quantitative estimate of drug-likeness (QED) is 0.793. The third-order valence-corrected chi connectivity index (χ3v) is 3.35. The van der Waals surface area contributed by atoms with Gasteiger partial charge in [0.25, 0.3) is 0 Å². The second-order valence-electron chi connectivity index (χ2n) is 4.70. The van der Waals surface area contributed by atoms with Crippen LogP contribution in [0.15, 0.2) is 24.3 Å². The van der Waals surface area contributed by atoms with E-state index >= 15 is 0 Å². The lowest BCUT2D eigenvalue weighted by atomic mass is 10.2. The van der Waals surface area contributed by atoms with Crippen LogP contribution in [0.25, 0.3) is 0 Å². The van der Waals surface area contributed by atoms with Gasteiger partial charge in [0.1, 0.15) is 12.4 Å². The van der Waals surface area contributed by atoms with Gasteiger partial charge in [0.2, 0.25) is 0 Å². The highest BCUT2D eigenvalue weighted by Crippen LogP contribution is 2.15. The van der Waals surface area contributed by atoms with Gasteiger partial charge in [-0.2, -0.15) is 0 Å². The minimum absolute atomic E-state index is 0.408. The topological polar surface area (TPSA) is 21.7 Å². The fourth-order valence-electron chi connectivity index (χ4n) is 2.08. The highest BCUT2D eigenvalue weighted by atomic mass is 35.5. The molecule has 0 N–H and O–H groups in total. The maximum absolute atomic E-state index is 5.81. The molecule has 1 heterocycles. The van der Waals surface area contributed by atoms with Crippen molar-refractivity contribution in [2.24, 2.45) is 0 Å². The van der Waals surface area contributed by atoms with Crippen molar-refractivity contribution in [1.82, 2.24) is 4.90 Å². The molecular weight excluding hydrogens is 250 g/mol. The molecule has 2 rings (SSSR count). The Hall–Kier alpha value is -0.770. The van der Waals surface area contributed by atoms with Crippen LogP contribution < -0.4 is 4.74 Å². The Morgan fingerprint density at radius 3 is 2.83 bits per heavy atom. The van der Waals surface area contributed by atoms with E-state index in [9.17, 15) is 0 Å². The molecule has 3 nitrogen and oxygen atoms in total. The van der Waals surface area contributed by atoms with Gasteiger partial charge < -0.3 is 14.4 Å². The van der Waals surface area contributed by atoms with Gasteiger partial charge in [0.15, 0.2) is 0 Å². The van der Waals surface area contributed by atoms with Crippen LogP contribution in [0.1, 0.15) is 12.8 Å². The summed E-state index contributed by atoms with van der Waals surface area (Å²) < 4.78 is 11.3. The normalized spacial score (nSPS) is 19.4. The van der Waals surface area contributed by atoms with Crippen LogP contribution in [0.4, 0.5) is 0 Å². The van der Waals surface area contributed by atoms with Crippen molar-refractivity contribution in [3.8, 4) is 5.75 Å². The monoisotopic (exact) mass is 269 g/mol. The van der Waals surface area contributed by atoms with E-state index in [4.69, 9.17) is 21.1 Å². The average Bonchev–Trinajstić information content (AvgIpc) is 2.84. The molecule has 0 saturated carbocycles. The van der Waals surface area contributed by atoms with E-state index in [1.54, 1.807) is 0 Å². The minimum atomic E-state index is 0.408. The van der Waals surface area contributed by atoms with Crippen molar-refractivity contribution in [2.75, 3.05) is 33.4 Å². The number of ether oxygens (including phenoxy) is 2. The summed E-state index contributed by atoms with van der Waals surface area (Å²) in [5.41, 5.74) is 0. The average molecular weight is 270 g/mol. The standard InChI is InChI=1S/C14H20ClNO2/c1-16(11-14-3-2-9-17-14)8-10-18-13-6-4-12(15)5-7-13/h4-7,14H,2-3,8-11H2,1H3. The molecule has 100 valence electrons. The van der Waals surface area contributed by atoms with Crippen LogP contribution in [0.3, 0.4) is 0 Å². The number of hydrogen-bond acceptors (Lipinski definition) is 3. The van der Waals surface area contributed by atoms with Gasteiger partial charge in [0.05, 0.1) is 6.10 Å². The third-order valence-electron chi connectivity index (χ3n) is 3.09. The number of likely N-dealkylation sites (N-methyl/N-ethyl adjacent to an activating group) is 1. The summed E-state index contributed by atoms with van der Waals surface area (Å²) in [6, 6.07) is 7.46. The molecule has 1 aromatic carbocycles. The Kier molecular flexibility index (Phi) is 5.29. The molecule has 1 aromatic rings. The fraction of sp³-hybridized carbons (Fsp3) is 0.571. The van der Waals surface area contributed by atoms with E-state index in [0.29, 0.717) is 12.7 Å². The lowest BCUT2D eigenvalue weighted by Crippen LogP contribution is -2.32. The van der Waals surface area contributed by atoms with Gasteiger partial charge in [-0.1, -0.05) is 11.6 Å². The molecule has 0 radical (unpaired) electrons. The Labute approximate surface area is 114 Å². The molecule has 1 atom stereocenters. The molecule has 0 spiro atoms. The first-order valence-electron chi connectivity index (χ1n) is 6.42. The first-order valence-corrected chi connectivity index (χ1v) is 6.80. The van der Waals surface area contributed by atoms with Crippen molar-refractivity contribution in [1.29, 1.82) is 0 Å². The predicted molar refractivity (Wildman–Crippen MR) is 73.4 cm³/mol. The lowest BCUT2D eigenvalue weighted by molar-refractivity contribution is 0.0771. The summed E-state index contributed by atoms with van der Waals surface area (Å²) in [4.78, 5) is 2.26. The van der Waals surface area contributed by atoms with Crippen LogP contribution >= 0.6 is 11.6 Å². The SMILES string of the molecule is CN(CCOc1ccc(Cl)cc1)CC1CCCO1. The van der Waals surface area contributed by atoms with Crippen molar-refractivity contribution in [2.45, 2.75) is 18.9 Å². The van der Waals surface area contributed by atoms with Gasteiger partial charge in [0, 0.05) is 24.7 Å². The number of rotatable bonds is 6. The van der Waals surface area contributed by atoms with Crippen LogP contribution in [-0.2, 0) is 4.74 Å². The molecule has 0 aromatic heterocycles. The molecule has 4 heteroatoms. The summed E-state index contributed by atoms with van der Waals surface area (Å²) in [5, 5.41) is 0.734. The van der Waals surface area contributed by atoms with Crippen molar-refractivity contribution >= 4 is 11.6 Å². The maximum Gasteiger partial charge on any atom is 0.119 e. The zero-order valence-electron chi connectivity index (χ0n) is 10.8. The number of benzene rings is 1. The Bertz CT molecular complexity index is 349. The van der Waals surface area contributed by atoms with E-state index in [1.807, 2.05) is 24.3 Å². The van der Waals surface area contributed by atoms with Gasteiger partial charge in [-0.25, -0.2) is 0 Å². The van der Waals surface area contributed by atoms with Gasteiger partial charge in [-0.15, -0.1) is 0 Å². The van der Waals surface area contributed by atoms with E-state index in [-0.39, 0.29) is 0 Å². The second-order valence-corrected chi connectivity index (χ2v) is 5.14. The highest BCUT2D eigenvalue weighted by molar-refractivity contribution is 6.30. The number of nitrogens with zero attached hydrogens (tertiary/aromatic N) is 1. The Balaban J connectivity index is 1.63. The van der Waals surface area contributed by atoms with Gasteiger partial charge >= 0.3 is 0 Å². The number of hydrogen-bond donors (Lipinski definition) is 0. The van der Waals surface area contributed by atoms with E-state index in [1.165, 1.54) is 12.8 Å². The predicted octanol–water partition coefficient (Wildman–Crippen LogP) is 2.83. The minimum Gasteiger partial charge on any atom is -0.492 e. The molecule has 1 aliphatic rings. The smallest absolute Gasteiger partial charge is 0.119 e. The first kappa shape index (κ1) is 13.7. The summed E-state index contributed by atoms with van der Waals surface area (Å²) in [6.07, 6.45) is 2.79. The highest BCUT2D eigenvalue weighted by Gasteiger charge is 2.16. The molecule has 1 fully saturated rings. The Morgan fingerprint density at radius 2 is 2.17 bits per heavy atom.